The molecule has 3 aromatic rings. The maximum atomic E-state index is 6.25. The lowest BCUT2D eigenvalue weighted by Crippen LogP contribution is -3.14. The van der Waals surface area contributed by atoms with Crippen molar-refractivity contribution < 1.29 is 14.1 Å². The van der Waals surface area contributed by atoms with E-state index in [1.807, 2.05) is 0 Å². The van der Waals surface area contributed by atoms with E-state index in [2.05, 4.69) is 29.1 Å². The van der Waals surface area contributed by atoms with Crippen LogP contribution >= 0.6 is 0 Å². The van der Waals surface area contributed by atoms with Gasteiger partial charge in [-0.2, -0.15) is 0 Å². The van der Waals surface area contributed by atoms with Crippen LogP contribution in [0.2, 0.25) is 0 Å². The topological polar surface area (TPSA) is 77.5 Å². The summed E-state index contributed by atoms with van der Waals surface area (Å²) >= 11 is 0. The lowest BCUT2D eigenvalue weighted by atomic mass is 9.99. The van der Waals surface area contributed by atoms with Crippen LogP contribution < -0.4 is 10.2 Å². The first-order valence-electron chi connectivity index (χ1n) is 10.9. The number of fused-ring (bicyclic) bond motifs is 5. The van der Waals surface area contributed by atoms with Crippen molar-refractivity contribution in [2.45, 2.75) is 39.5 Å². The molecule has 4 heterocycles. The van der Waals surface area contributed by atoms with E-state index in [0.717, 1.165) is 86.7 Å². The van der Waals surface area contributed by atoms with Gasteiger partial charge in [0, 0.05) is 5.69 Å². The average molecular weight is 397 g/mol. The molecule has 29 heavy (non-hydrogen) atoms. The van der Waals surface area contributed by atoms with Crippen molar-refractivity contribution in [1.29, 1.82) is 0 Å². The molecular weight excluding hydrogens is 366 g/mol. The lowest BCUT2D eigenvalue weighted by molar-refractivity contribution is -0.906. The van der Waals surface area contributed by atoms with E-state index in [4.69, 9.17) is 14.1 Å². The largest absolute Gasteiger partial charge is 0.432 e. The molecule has 1 fully saturated rings. The molecule has 1 aliphatic carbocycles. The average Bonchev–Trinajstić information content (AvgIpc) is 3.33. The van der Waals surface area contributed by atoms with Gasteiger partial charge in [0.1, 0.15) is 24.9 Å². The zero-order chi connectivity index (χ0) is 19.8. The lowest BCUT2D eigenvalue weighted by Gasteiger charge is -2.23. The van der Waals surface area contributed by atoms with Gasteiger partial charge in [-0.05, 0) is 42.7 Å². The maximum Gasteiger partial charge on any atom is 0.229 e. The second-order valence-electron chi connectivity index (χ2n) is 8.69. The summed E-state index contributed by atoms with van der Waals surface area (Å²) in [6.45, 7) is 10.2. The summed E-state index contributed by atoms with van der Waals surface area (Å²) in [6.07, 6.45) is 6.03. The number of morpholine rings is 1. The van der Waals surface area contributed by atoms with Crippen LogP contribution in [0.3, 0.4) is 0 Å². The molecule has 0 saturated carbocycles. The minimum Gasteiger partial charge on any atom is -0.432 e. The third kappa shape index (κ3) is 3.57. The second-order valence-corrected chi connectivity index (χ2v) is 8.69. The quantitative estimate of drug-likeness (QED) is 0.662. The highest BCUT2D eigenvalue weighted by atomic mass is 16.5. The van der Waals surface area contributed by atoms with Crippen LogP contribution in [0, 0.1) is 5.92 Å². The van der Waals surface area contributed by atoms with E-state index in [0.29, 0.717) is 5.92 Å². The fourth-order valence-electron chi connectivity index (χ4n) is 4.73. The van der Waals surface area contributed by atoms with Crippen molar-refractivity contribution >= 4 is 28.0 Å². The molecule has 154 valence electrons. The Morgan fingerprint density at radius 2 is 1.97 bits per heavy atom. The Bertz CT molecular complexity index is 1020. The Morgan fingerprint density at radius 3 is 2.79 bits per heavy atom. The molecule has 0 atom stereocenters. The Kier molecular flexibility index (Phi) is 5.09. The standard InChI is InChI=1S/C22H29N5O2/c1-14(2)12-17-15-4-3-5-16(15)18-19-20(29-22(18)26-17)21(25-13-24-19)23-6-7-27-8-10-28-11-9-27/h13-14H,3-12H2,1-2H3,(H,23,24,25)/p+1. The van der Waals surface area contributed by atoms with E-state index in [-0.39, 0.29) is 0 Å². The zero-order valence-electron chi connectivity index (χ0n) is 17.4. The highest BCUT2D eigenvalue weighted by Gasteiger charge is 2.25. The second kappa shape index (κ2) is 7.88. The van der Waals surface area contributed by atoms with E-state index >= 15 is 0 Å². The Hall–Kier alpha value is -2.25. The van der Waals surface area contributed by atoms with Crippen LogP contribution in [0.25, 0.3) is 22.2 Å². The first-order valence-corrected chi connectivity index (χ1v) is 10.9. The van der Waals surface area contributed by atoms with Gasteiger partial charge in [0.15, 0.2) is 11.4 Å². The predicted molar refractivity (Wildman–Crippen MR) is 113 cm³/mol. The maximum absolute atomic E-state index is 6.25. The molecule has 1 aliphatic heterocycles. The first kappa shape index (κ1) is 18.8. The summed E-state index contributed by atoms with van der Waals surface area (Å²) in [7, 11) is 0. The van der Waals surface area contributed by atoms with E-state index in [9.17, 15) is 0 Å². The van der Waals surface area contributed by atoms with Crippen LogP contribution in [-0.2, 0) is 24.0 Å². The number of quaternary nitrogens is 1. The van der Waals surface area contributed by atoms with Crippen LogP contribution in [0.4, 0.5) is 5.82 Å². The number of hydrogen-bond acceptors (Lipinski definition) is 6. The summed E-state index contributed by atoms with van der Waals surface area (Å²) in [5.74, 6) is 1.35. The van der Waals surface area contributed by atoms with Crippen molar-refractivity contribution in [2.75, 3.05) is 44.7 Å². The minimum atomic E-state index is 0.578. The number of pyridine rings is 1. The summed E-state index contributed by atoms with van der Waals surface area (Å²) < 4.78 is 11.7. The van der Waals surface area contributed by atoms with Crippen LogP contribution in [-0.4, -0.2) is 54.3 Å². The number of aryl methyl sites for hydroxylation is 1. The highest BCUT2D eigenvalue weighted by Crippen LogP contribution is 2.38. The molecule has 0 spiro atoms. The van der Waals surface area contributed by atoms with Gasteiger partial charge in [0.2, 0.25) is 5.71 Å². The van der Waals surface area contributed by atoms with Crippen molar-refractivity contribution in [1.82, 2.24) is 15.0 Å². The van der Waals surface area contributed by atoms with Gasteiger partial charge in [0.25, 0.3) is 0 Å². The van der Waals surface area contributed by atoms with Crippen LogP contribution in [0.1, 0.15) is 37.1 Å². The number of anilines is 1. The van der Waals surface area contributed by atoms with E-state index in [1.165, 1.54) is 23.2 Å². The molecule has 0 radical (unpaired) electrons. The van der Waals surface area contributed by atoms with Crippen LogP contribution in [0.15, 0.2) is 10.7 Å². The van der Waals surface area contributed by atoms with Gasteiger partial charge in [-0.3, -0.25) is 0 Å². The molecular formula is C22H30N5O2+. The monoisotopic (exact) mass is 396 g/mol. The normalized spacial score (nSPS) is 17.5. The summed E-state index contributed by atoms with van der Waals surface area (Å²) in [4.78, 5) is 15.6. The SMILES string of the molecule is CC(C)Cc1nc2oc3c(NCC[NH+]4CCOCC4)ncnc3c2c2c1CCC2. The molecule has 0 bridgehead atoms. The Balaban J connectivity index is 1.48. The Morgan fingerprint density at radius 1 is 1.14 bits per heavy atom. The molecule has 5 rings (SSSR count). The molecule has 2 N–H and O–H groups in total. The van der Waals surface area contributed by atoms with Crippen molar-refractivity contribution in [3.63, 3.8) is 0 Å². The fourth-order valence-corrected chi connectivity index (χ4v) is 4.73. The van der Waals surface area contributed by atoms with E-state index in [1.54, 1.807) is 11.2 Å². The zero-order valence-corrected chi connectivity index (χ0v) is 17.4. The van der Waals surface area contributed by atoms with Crippen molar-refractivity contribution in [3.05, 3.63) is 23.1 Å². The predicted octanol–water partition coefficient (Wildman–Crippen LogP) is 1.79. The summed E-state index contributed by atoms with van der Waals surface area (Å²) in [5.41, 5.74) is 6.39. The number of rotatable bonds is 6. The third-order valence-electron chi connectivity index (χ3n) is 6.13. The summed E-state index contributed by atoms with van der Waals surface area (Å²) in [5, 5.41) is 4.58. The number of nitrogens with zero attached hydrogens (tertiary/aromatic N) is 3. The smallest absolute Gasteiger partial charge is 0.229 e. The number of aromatic nitrogens is 3. The molecule has 0 amide bonds. The first-order chi connectivity index (χ1) is 14.2. The Labute approximate surface area is 170 Å². The van der Waals surface area contributed by atoms with Crippen molar-refractivity contribution in [2.24, 2.45) is 5.92 Å². The third-order valence-corrected chi connectivity index (χ3v) is 6.13. The van der Waals surface area contributed by atoms with Crippen molar-refractivity contribution in [3.8, 4) is 0 Å². The summed E-state index contributed by atoms with van der Waals surface area (Å²) in [6, 6.07) is 0. The van der Waals surface area contributed by atoms with Gasteiger partial charge >= 0.3 is 0 Å². The van der Waals surface area contributed by atoms with Crippen LogP contribution in [0.5, 0.6) is 0 Å². The molecule has 2 aliphatic rings. The molecule has 0 unspecified atom stereocenters. The molecule has 0 aromatic carbocycles. The molecule has 7 heteroatoms. The number of nitrogens with one attached hydrogen (secondary N) is 2. The minimum absolute atomic E-state index is 0.578. The van der Waals surface area contributed by atoms with E-state index < -0.39 is 0 Å². The number of furan rings is 1. The number of ether oxygens (including phenoxy) is 1. The van der Waals surface area contributed by atoms with Gasteiger partial charge in [-0.25, -0.2) is 15.0 Å². The van der Waals surface area contributed by atoms with Gasteiger partial charge in [0.05, 0.1) is 31.7 Å². The van der Waals surface area contributed by atoms with Gasteiger partial charge in [-0.15, -0.1) is 0 Å². The fraction of sp³-hybridized carbons (Fsp3) is 0.591. The molecule has 3 aromatic heterocycles. The number of hydrogen-bond donors (Lipinski definition) is 2. The highest BCUT2D eigenvalue weighted by molar-refractivity contribution is 6.06. The van der Waals surface area contributed by atoms with Gasteiger partial charge in [-0.1, -0.05) is 13.8 Å². The van der Waals surface area contributed by atoms with Gasteiger partial charge < -0.3 is 19.4 Å². The molecule has 7 nitrogen and oxygen atoms in total. The molecule has 1 saturated heterocycles.